The highest BCUT2D eigenvalue weighted by atomic mass is 15.4. The van der Waals surface area contributed by atoms with Crippen LogP contribution in [0.25, 0.3) is 11.2 Å². The van der Waals surface area contributed by atoms with Gasteiger partial charge in [0.2, 0.25) is 0 Å². The number of anilines is 1. The first-order chi connectivity index (χ1) is 8.90. The molecule has 1 saturated heterocycles. The van der Waals surface area contributed by atoms with Crippen LogP contribution in [-0.4, -0.2) is 38.1 Å². The summed E-state index contributed by atoms with van der Waals surface area (Å²) in [7, 11) is 0. The summed E-state index contributed by atoms with van der Waals surface area (Å²) in [6, 6.07) is 0. The van der Waals surface area contributed by atoms with E-state index in [0.29, 0.717) is 0 Å². The molecule has 3 rings (SSSR count). The Morgan fingerprint density at radius 1 is 1.11 bits per heavy atom. The van der Waals surface area contributed by atoms with Crippen molar-refractivity contribution >= 4 is 17.0 Å². The molecule has 6 heteroatoms. The Kier molecular flexibility index (Phi) is 3.08. The SMILES string of the molecule is CCn1nnc2c(N3CCCCCC3)ncnc21. The summed E-state index contributed by atoms with van der Waals surface area (Å²) in [6.07, 6.45) is 6.71. The highest BCUT2D eigenvalue weighted by molar-refractivity contribution is 5.82. The predicted octanol–water partition coefficient (Wildman–Crippen LogP) is 1.62. The quantitative estimate of drug-likeness (QED) is 0.806. The van der Waals surface area contributed by atoms with Gasteiger partial charge in [0.05, 0.1) is 0 Å². The molecule has 1 aliphatic heterocycles. The molecule has 0 aliphatic carbocycles. The van der Waals surface area contributed by atoms with Crippen molar-refractivity contribution in [2.24, 2.45) is 0 Å². The average Bonchev–Trinajstić information content (AvgIpc) is 2.65. The molecule has 6 nitrogen and oxygen atoms in total. The maximum atomic E-state index is 4.42. The van der Waals surface area contributed by atoms with Gasteiger partial charge in [0.1, 0.15) is 6.33 Å². The van der Waals surface area contributed by atoms with Crippen LogP contribution in [0.4, 0.5) is 5.82 Å². The first-order valence-corrected chi connectivity index (χ1v) is 6.69. The zero-order valence-corrected chi connectivity index (χ0v) is 10.7. The minimum Gasteiger partial charge on any atom is -0.355 e. The predicted molar refractivity (Wildman–Crippen MR) is 69.5 cm³/mol. The highest BCUT2D eigenvalue weighted by Gasteiger charge is 2.17. The third-order valence-electron chi connectivity index (χ3n) is 3.49. The molecule has 0 saturated carbocycles. The van der Waals surface area contributed by atoms with Crippen LogP contribution in [0.3, 0.4) is 0 Å². The molecule has 18 heavy (non-hydrogen) atoms. The third-order valence-corrected chi connectivity index (χ3v) is 3.49. The van der Waals surface area contributed by atoms with Gasteiger partial charge in [-0.1, -0.05) is 18.1 Å². The lowest BCUT2D eigenvalue weighted by Crippen LogP contribution is -2.25. The Hall–Kier alpha value is -1.72. The van der Waals surface area contributed by atoms with Crippen LogP contribution < -0.4 is 4.90 Å². The fraction of sp³-hybridized carbons (Fsp3) is 0.667. The molecule has 0 N–H and O–H groups in total. The van der Waals surface area contributed by atoms with E-state index in [1.165, 1.54) is 25.7 Å². The Morgan fingerprint density at radius 3 is 2.61 bits per heavy atom. The first kappa shape index (κ1) is 11.4. The molecule has 2 aromatic heterocycles. The summed E-state index contributed by atoms with van der Waals surface area (Å²) < 4.78 is 1.82. The van der Waals surface area contributed by atoms with Gasteiger partial charge in [0.25, 0.3) is 0 Å². The second kappa shape index (κ2) is 4.88. The van der Waals surface area contributed by atoms with Crippen molar-refractivity contribution in [1.82, 2.24) is 25.0 Å². The van der Waals surface area contributed by atoms with E-state index < -0.39 is 0 Å². The molecule has 0 atom stereocenters. The van der Waals surface area contributed by atoms with Crippen LogP contribution in [0.1, 0.15) is 32.6 Å². The van der Waals surface area contributed by atoms with Gasteiger partial charge >= 0.3 is 0 Å². The Labute approximate surface area is 106 Å². The number of fused-ring (bicyclic) bond motifs is 1. The number of hydrogen-bond acceptors (Lipinski definition) is 5. The molecule has 2 aromatic rings. The molecule has 0 bridgehead atoms. The zero-order chi connectivity index (χ0) is 12.4. The van der Waals surface area contributed by atoms with Gasteiger partial charge in [-0.15, -0.1) is 5.10 Å². The summed E-state index contributed by atoms with van der Waals surface area (Å²) in [5, 5.41) is 8.37. The lowest BCUT2D eigenvalue weighted by Gasteiger charge is -2.20. The Balaban J connectivity index is 2.02. The van der Waals surface area contributed by atoms with Crippen molar-refractivity contribution in [2.75, 3.05) is 18.0 Å². The molecule has 0 amide bonds. The van der Waals surface area contributed by atoms with Crippen molar-refractivity contribution in [3.05, 3.63) is 6.33 Å². The third kappa shape index (κ3) is 1.91. The molecular formula is C12H18N6. The fourth-order valence-electron chi connectivity index (χ4n) is 2.51. The Morgan fingerprint density at radius 2 is 1.89 bits per heavy atom. The monoisotopic (exact) mass is 246 g/mol. The van der Waals surface area contributed by atoms with Crippen molar-refractivity contribution < 1.29 is 0 Å². The maximum absolute atomic E-state index is 4.42. The molecule has 1 aliphatic rings. The molecule has 3 heterocycles. The van der Waals surface area contributed by atoms with Gasteiger partial charge < -0.3 is 4.90 Å². The number of aryl methyl sites for hydroxylation is 1. The van der Waals surface area contributed by atoms with E-state index in [-0.39, 0.29) is 0 Å². The van der Waals surface area contributed by atoms with Gasteiger partial charge in [0, 0.05) is 19.6 Å². The second-order valence-electron chi connectivity index (χ2n) is 4.68. The lowest BCUT2D eigenvalue weighted by molar-refractivity contribution is 0.641. The number of nitrogens with zero attached hydrogens (tertiary/aromatic N) is 6. The van der Waals surface area contributed by atoms with Gasteiger partial charge in [-0.05, 0) is 19.8 Å². The van der Waals surface area contributed by atoms with Crippen molar-refractivity contribution in [3.8, 4) is 0 Å². The summed E-state index contributed by atoms with van der Waals surface area (Å²) in [6.45, 7) is 4.95. The number of rotatable bonds is 2. The number of hydrogen-bond donors (Lipinski definition) is 0. The summed E-state index contributed by atoms with van der Waals surface area (Å²) in [5.74, 6) is 0.946. The van der Waals surface area contributed by atoms with Crippen molar-refractivity contribution in [3.63, 3.8) is 0 Å². The molecule has 0 spiro atoms. The molecule has 0 radical (unpaired) electrons. The van der Waals surface area contributed by atoms with E-state index in [0.717, 1.165) is 36.6 Å². The van der Waals surface area contributed by atoms with Gasteiger partial charge in [-0.2, -0.15) is 0 Å². The smallest absolute Gasteiger partial charge is 0.183 e. The number of aromatic nitrogens is 5. The topological polar surface area (TPSA) is 59.7 Å². The van der Waals surface area contributed by atoms with Gasteiger partial charge in [0.15, 0.2) is 17.0 Å². The maximum Gasteiger partial charge on any atom is 0.183 e. The molecular weight excluding hydrogens is 228 g/mol. The summed E-state index contributed by atoms with van der Waals surface area (Å²) >= 11 is 0. The lowest BCUT2D eigenvalue weighted by atomic mass is 10.2. The molecule has 0 unspecified atom stereocenters. The van der Waals surface area contributed by atoms with Crippen LogP contribution >= 0.6 is 0 Å². The van der Waals surface area contributed by atoms with Crippen molar-refractivity contribution in [2.45, 2.75) is 39.2 Å². The summed E-state index contributed by atoms with van der Waals surface area (Å²) in [4.78, 5) is 11.0. The van der Waals surface area contributed by atoms with E-state index in [1.807, 2.05) is 11.6 Å². The van der Waals surface area contributed by atoms with Crippen molar-refractivity contribution in [1.29, 1.82) is 0 Å². The first-order valence-electron chi connectivity index (χ1n) is 6.69. The van der Waals surface area contributed by atoms with E-state index in [2.05, 4.69) is 25.2 Å². The van der Waals surface area contributed by atoms with Crippen LogP contribution in [0, 0.1) is 0 Å². The van der Waals surface area contributed by atoms with E-state index in [1.54, 1.807) is 6.33 Å². The van der Waals surface area contributed by atoms with Crippen LogP contribution in [0.5, 0.6) is 0 Å². The van der Waals surface area contributed by atoms with E-state index >= 15 is 0 Å². The largest absolute Gasteiger partial charge is 0.355 e. The van der Waals surface area contributed by atoms with Crippen LogP contribution in [0.2, 0.25) is 0 Å². The normalized spacial score (nSPS) is 17.1. The van der Waals surface area contributed by atoms with Gasteiger partial charge in [-0.3, -0.25) is 0 Å². The Bertz CT molecular complexity index is 526. The van der Waals surface area contributed by atoms with Crippen LogP contribution in [0.15, 0.2) is 6.33 Å². The van der Waals surface area contributed by atoms with Gasteiger partial charge in [-0.25, -0.2) is 14.6 Å². The fourth-order valence-corrected chi connectivity index (χ4v) is 2.51. The summed E-state index contributed by atoms with van der Waals surface area (Å²) in [5.41, 5.74) is 1.67. The standard InChI is InChI=1S/C12H18N6/c1-2-18-12-10(15-16-18)11(13-9-14-12)17-7-5-3-4-6-8-17/h9H,2-8H2,1H3. The average molecular weight is 246 g/mol. The highest BCUT2D eigenvalue weighted by Crippen LogP contribution is 2.23. The minimum atomic E-state index is 0.785. The molecule has 0 aromatic carbocycles. The molecule has 96 valence electrons. The molecule has 1 fully saturated rings. The van der Waals surface area contributed by atoms with E-state index in [9.17, 15) is 0 Å². The van der Waals surface area contributed by atoms with Crippen LogP contribution in [-0.2, 0) is 6.54 Å². The van der Waals surface area contributed by atoms with E-state index in [4.69, 9.17) is 0 Å². The zero-order valence-electron chi connectivity index (χ0n) is 10.7. The second-order valence-corrected chi connectivity index (χ2v) is 4.68. The minimum absolute atomic E-state index is 0.785.